The van der Waals surface area contributed by atoms with Crippen molar-refractivity contribution in [2.75, 3.05) is 18.6 Å². The van der Waals surface area contributed by atoms with E-state index in [-0.39, 0.29) is 22.4 Å². The van der Waals surface area contributed by atoms with E-state index in [4.69, 9.17) is 9.47 Å². The molecule has 39 heavy (non-hydrogen) atoms. The molecular weight excluding hydrogens is 519 g/mol. The summed E-state index contributed by atoms with van der Waals surface area (Å²) < 4.78 is 25.6. The first-order chi connectivity index (χ1) is 18.7. The number of Topliss-reactive ketones (excluding diaryl/α,β-unsaturated/α-hetero) is 1. The number of nitrogens with zero attached hydrogens (tertiary/aromatic N) is 2. The van der Waals surface area contributed by atoms with Crippen molar-refractivity contribution >= 4 is 44.1 Å². The van der Waals surface area contributed by atoms with E-state index in [1.165, 1.54) is 30.2 Å². The fourth-order valence-corrected chi connectivity index (χ4v) is 5.75. The number of amides is 1. The van der Waals surface area contributed by atoms with Gasteiger partial charge in [0.05, 0.1) is 35.5 Å². The number of hydrogen-bond donors (Lipinski definition) is 1. The summed E-state index contributed by atoms with van der Waals surface area (Å²) in [6, 6.07) is 15.3. The number of rotatable bonds is 7. The minimum absolute atomic E-state index is 0.0717. The Balaban J connectivity index is 1.72. The van der Waals surface area contributed by atoms with Crippen LogP contribution in [0.5, 0.6) is 11.5 Å². The number of ether oxygens (including phenoxy) is 2. The molecule has 1 atom stereocenters. The lowest BCUT2D eigenvalue weighted by atomic mass is 9.93. The lowest BCUT2D eigenvalue weighted by molar-refractivity contribution is -0.132. The molecule has 2 heterocycles. The molecule has 0 spiro atoms. The Morgan fingerprint density at radius 1 is 1.13 bits per heavy atom. The Morgan fingerprint density at radius 3 is 2.64 bits per heavy atom. The molecule has 0 radical (unpaired) electrons. The van der Waals surface area contributed by atoms with Crippen LogP contribution in [0.1, 0.15) is 49.4 Å². The van der Waals surface area contributed by atoms with Gasteiger partial charge in [0.15, 0.2) is 5.13 Å². The number of aromatic nitrogens is 1. The molecule has 9 heteroatoms. The molecule has 1 saturated heterocycles. The minimum atomic E-state index is -0.987. The molecule has 1 fully saturated rings. The van der Waals surface area contributed by atoms with Gasteiger partial charge < -0.3 is 14.6 Å². The van der Waals surface area contributed by atoms with Gasteiger partial charge >= 0.3 is 5.91 Å². The van der Waals surface area contributed by atoms with Crippen LogP contribution in [0.15, 0.2) is 66.2 Å². The molecule has 0 bridgehead atoms. The van der Waals surface area contributed by atoms with Crippen LogP contribution < -0.4 is 14.4 Å². The molecule has 0 saturated carbocycles. The van der Waals surface area contributed by atoms with E-state index in [9.17, 15) is 19.1 Å². The molecule has 1 unspecified atom stereocenters. The number of aliphatic hydroxyl groups excluding tert-OH is 1. The topological polar surface area (TPSA) is 89.0 Å². The zero-order chi connectivity index (χ0) is 27.8. The van der Waals surface area contributed by atoms with E-state index < -0.39 is 23.5 Å². The molecule has 1 N–H and O–H groups in total. The van der Waals surface area contributed by atoms with Gasteiger partial charge in [-0.05, 0) is 72.5 Å². The number of carbonyl (C=O) groups is 2. The second-order valence-electron chi connectivity index (χ2n) is 9.39. The molecule has 0 aliphatic carbocycles. The molecule has 4 aromatic rings. The second kappa shape index (κ2) is 10.5. The molecule has 1 aliphatic rings. The van der Waals surface area contributed by atoms with Crippen molar-refractivity contribution in [1.82, 2.24) is 4.98 Å². The number of anilines is 1. The Hall–Kier alpha value is -4.24. The predicted molar refractivity (Wildman–Crippen MR) is 149 cm³/mol. The smallest absolute Gasteiger partial charge is 0.301 e. The zero-order valence-corrected chi connectivity index (χ0v) is 22.7. The van der Waals surface area contributed by atoms with Gasteiger partial charge in [0.25, 0.3) is 5.78 Å². The molecular formula is C30H27FN2O5S. The molecule has 1 aliphatic heterocycles. The summed E-state index contributed by atoms with van der Waals surface area (Å²) in [4.78, 5) is 32.9. The SMILES string of the molecule is CCOc1ccc(/C(O)=C2\C(=O)C(=O)N(c3nc4ccc(F)cc4s3)C2c2cccc(OC)c2)cc1C(C)C. The molecule has 1 amide bonds. The zero-order valence-electron chi connectivity index (χ0n) is 21.9. The number of hydrogen-bond acceptors (Lipinski definition) is 7. The number of thiazole rings is 1. The van der Waals surface area contributed by atoms with Crippen molar-refractivity contribution in [3.05, 3.63) is 88.7 Å². The molecule has 3 aromatic carbocycles. The maximum atomic E-state index is 13.9. The average Bonchev–Trinajstić information content (AvgIpc) is 3.46. The van der Waals surface area contributed by atoms with Crippen molar-refractivity contribution < 1.29 is 28.6 Å². The van der Waals surface area contributed by atoms with Crippen LogP contribution in [0.2, 0.25) is 0 Å². The van der Waals surface area contributed by atoms with Gasteiger partial charge in [-0.25, -0.2) is 9.37 Å². The maximum absolute atomic E-state index is 13.9. The lowest BCUT2D eigenvalue weighted by Crippen LogP contribution is -2.29. The Labute approximate surface area is 229 Å². The lowest BCUT2D eigenvalue weighted by Gasteiger charge is -2.23. The molecule has 5 rings (SSSR count). The minimum Gasteiger partial charge on any atom is -0.507 e. The van der Waals surface area contributed by atoms with E-state index in [1.807, 2.05) is 20.8 Å². The van der Waals surface area contributed by atoms with E-state index in [1.54, 1.807) is 42.5 Å². The van der Waals surface area contributed by atoms with Crippen LogP contribution >= 0.6 is 11.3 Å². The van der Waals surface area contributed by atoms with Gasteiger partial charge in [-0.2, -0.15) is 0 Å². The van der Waals surface area contributed by atoms with E-state index >= 15 is 0 Å². The first-order valence-corrected chi connectivity index (χ1v) is 13.3. The highest BCUT2D eigenvalue weighted by molar-refractivity contribution is 7.22. The summed E-state index contributed by atoms with van der Waals surface area (Å²) in [5.41, 5.74) is 2.23. The van der Waals surface area contributed by atoms with Gasteiger partial charge in [0.2, 0.25) is 0 Å². The highest BCUT2D eigenvalue weighted by atomic mass is 32.1. The fourth-order valence-electron chi connectivity index (χ4n) is 4.74. The predicted octanol–water partition coefficient (Wildman–Crippen LogP) is 6.59. The second-order valence-corrected chi connectivity index (χ2v) is 10.4. The van der Waals surface area contributed by atoms with Crippen molar-refractivity contribution in [2.45, 2.75) is 32.7 Å². The highest BCUT2D eigenvalue weighted by Gasteiger charge is 2.48. The Bertz CT molecular complexity index is 1630. The number of methoxy groups -OCH3 is 1. The molecule has 7 nitrogen and oxygen atoms in total. The van der Waals surface area contributed by atoms with Crippen LogP contribution in [-0.2, 0) is 9.59 Å². The normalized spacial score (nSPS) is 16.9. The quantitative estimate of drug-likeness (QED) is 0.160. The van der Waals surface area contributed by atoms with Gasteiger partial charge in [0.1, 0.15) is 23.1 Å². The summed E-state index contributed by atoms with van der Waals surface area (Å²) in [6.07, 6.45) is 0. The number of benzene rings is 3. The van der Waals surface area contributed by atoms with Crippen molar-refractivity contribution in [3.8, 4) is 11.5 Å². The van der Waals surface area contributed by atoms with Crippen molar-refractivity contribution in [2.24, 2.45) is 0 Å². The van der Waals surface area contributed by atoms with Gasteiger partial charge in [-0.15, -0.1) is 0 Å². The van der Waals surface area contributed by atoms with Gasteiger partial charge in [0, 0.05) is 5.56 Å². The Morgan fingerprint density at radius 2 is 1.92 bits per heavy atom. The average molecular weight is 547 g/mol. The Kier molecular flexibility index (Phi) is 7.10. The van der Waals surface area contributed by atoms with Crippen LogP contribution in [0, 0.1) is 5.82 Å². The van der Waals surface area contributed by atoms with Crippen molar-refractivity contribution in [1.29, 1.82) is 0 Å². The third kappa shape index (κ3) is 4.74. The van der Waals surface area contributed by atoms with Crippen LogP contribution in [-0.4, -0.2) is 35.5 Å². The van der Waals surface area contributed by atoms with Crippen molar-refractivity contribution in [3.63, 3.8) is 0 Å². The van der Waals surface area contributed by atoms with Gasteiger partial charge in [-0.3, -0.25) is 14.5 Å². The van der Waals surface area contributed by atoms with Crippen LogP contribution in [0.4, 0.5) is 9.52 Å². The summed E-state index contributed by atoms with van der Waals surface area (Å²) in [5, 5.41) is 11.8. The first kappa shape index (κ1) is 26.4. The number of aliphatic hydroxyl groups is 1. The summed E-state index contributed by atoms with van der Waals surface area (Å²) >= 11 is 1.10. The van der Waals surface area contributed by atoms with Crippen LogP contribution in [0.3, 0.4) is 0 Å². The monoisotopic (exact) mass is 546 g/mol. The highest BCUT2D eigenvalue weighted by Crippen LogP contribution is 2.45. The van der Waals surface area contributed by atoms with Gasteiger partial charge in [-0.1, -0.05) is 37.3 Å². The molecule has 200 valence electrons. The van der Waals surface area contributed by atoms with Crippen LogP contribution in [0.25, 0.3) is 16.0 Å². The maximum Gasteiger partial charge on any atom is 0.301 e. The fraction of sp³-hybridized carbons (Fsp3) is 0.233. The number of ketones is 1. The van der Waals surface area contributed by atoms with E-state index in [0.717, 1.165) is 16.9 Å². The summed E-state index contributed by atoms with van der Waals surface area (Å²) in [5.74, 6) is -1.12. The number of fused-ring (bicyclic) bond motifs is 1. The number of carbonyl (C=O) groups excluding carboxylic acids is 2. The van der Waals surface area contributed by atoms with E-state index in [2.05, 4.69) is 4.98 Å². The largest absolute Gasteiger partial charge is 0.507 e. The summed E-state index contributed by atoms with van der Waals surface area (Å²) in [7, 11) is 1.52. The number of halogens is 1. The standard InChI is InChI=1S/C30H27FN2O5S/c1-5-38-23-12-9-18(14-21(23)16(2)3)27(34)25-26(17-7-6-8-20(13-17)37-4)33(29(36)28(25)35)30-32-22-11-10-19(31)15-24(22)39-30/h6-16,26,34H,5H2,1-4H3/b27-25+. The first-order valence-electron chi connectivity index (χ1n) is 12.5. The third-order valence-electron chi connectivity index (χ3n) is 6.60. The summed E-state index contributed by atoms with van der Waals surface area (Å²) in [6.45, 7) is 6.39. The van der Waals surface area contributed by atoms with E-state index in [0.29, 0.717) is 39.4 Å². The third-order valence-corrected chi connectivity index (χ3v) is 7.62. The molecule has 1 aromatic heterocycles.